The van der Waals surface area contributed by atoms with Crippen LogP contribution in [-0.2, 0) is 0 Å². The highest BCUT2D eigenvalue weighted by molar-refractivity contribution is 4.81. The summed E-state index contributed by atoms with van der Waals surface area (Å²) in [4.78, 5) is 4.41. The number of hydrogen-bond acceptors (Lipinski definition) is 3. The molecule has 1 unspecified atom stereocenters. The van der Waals surface area contributed by atoms with Gasteiger partial charge in [0, 0.05) is 25.7 Å². The molecule has 1 heterocycles. The molecule has 17 heavy (non-hydrogen) atoms. The van der Waals surface area contributed by atoms with Gasteiger partial charge >= 0.3 is 6.18 Å². The molecule has 1 aliphatic rings. The fourth-order valence-corrected chi connectivity index (χ4v) is 2.27. The lowest BCUT2D eigenvalue weighted by Crippen LogP contribution is -2.42. The zero-order valence-electron chi connectivity index (χ0n) is 10.6. The zero-order chi connectivity index (χ0) is 12.9. The zero-order valence-corrected chi connectivity index (χ0v) is 10.6. The van der Waals surface area contributed by atoms with Crippen LogP contribution in [0, 0.1) is 0 Å². The smallest absolute Gasteiger partial charge is 0.308 e. The van der Waals surface area contributed by atoms with Crippen LogP contribution in [0.2, 0.25) is 0 Å². The molecular weight excluding hydrogens is 231 g/mol. The molecule has 0 aliphatic carbocycles. The largest absolute Gasteiger partial charge is 0.401 e. The Bertz CT molecular complexity index is 218. The summed E-state index contributed by atoms with van der Waals surface area (Å²) in [5, 5.41) is 2.45. The van der Waals surface area contributed by atoms with Gasteiger partial charge in [-0.25, -0.2) is 0 Å². The molecule has 0 radical (unpaired) electrons. The summed E-state index contributed by atoms with van der Waals surface area (Å²) in [6, 6.07) is 0.498. The van der Waals surface area contributed by atoms with Crippen LogP contribution in [0.25, 0.3) is 0 Å². The van der Waals surface area contributed by atoms with E-state index in [0.717, 1.165) is 25.9 Å². The molecule has 1 fully saturated rings. The topological polar surface area (TPSA) is 18.5 Å². The third kappa shape index (κ3) is 6.24. The van der Waals surface area contributed by atoms with Crippen LogP contribution in [0.15, 0.2) is 0 Å². The van der Waals surface area contributed by atoms with Crippen LogP contribution in [0.3, 0.4) is 0 Å². The van der Waals surface area contributed by atoms with E-state index in [4.69, 9.17) is 0 Å². The van der Waals surface area contributed by atoms with E-state index in [-0.39, 0.29) is 0 Å². The third-order valence-electron chi connectivity index (χ3n) is 2.98. The van der Waals surface area contributed by atoms with Gasteiger partial charge in [0.05, 0.1) is 6.54 Å². The van der Waals surface area contributed by atoms with E-state index >= 15 is 0 Å². The predicted octanol–water partition coefficient (Wildman–Crippen LogP) is 1.16. The van der Waals surface area contributed by atoms with Crippen LogP contribution in [0.5, 0.6) is 0 Å². The van der Waals surface area contributed by atoms with E-state index in [0.29, 0.717) is 19.1 Å². The summed E-state index contributed by atoms with van der Waals surface area (Å²) < 4.78 is 35.8. The summed E-state index contributed by atoms with van der Waals surface area (Å²) in [6.07, 6.45) is -1.80. The molecule has 1 atom stereocenters. The van der Waals surface area contributed by atoms with Crippen molar-refractivity contribution in [3.8, 4) is 0 Å². The minimum Gasteiger partial charge on any atom is -0.308 e. The van der Waals surface area contributed by atoms with Crippen molar-refractivity contribution in [3.05, 3.63) is 0 Å². The third-order valence-corrected chi connectivity index (χ3v) is 2.98. The number of hydrogen-bond donors (Lipinski definition) is 1. The van der Waals surface area contributed by atoms with E-state index in [1.165, 1.54) is 0 Å². The van der Waals surface area contributed by atoms with Gasteiger partial charge in [-0.1, -0.05) is 0 Å². The number of rotatable bonds is 6. The fourth-order valence-electron chi connectivity index (χ4n) is 2.27. The van der Waals surface area contributed by atoms with E-state index in [2.05, 4.69) is 15.1 Å². The molecule has 0 aromatic heterocycles. The van der Waals surface area contributed by atoms with Gasteiger partial charge in [0.2, 0.25) is 0 Å². The van der Waals surface area contributed by atoms with Gasteiger partial charge in [0.1, 0.15) is 0 Å². The Labute approximate surface area is 101 Å². The molecule has 1 rings (SSSR count). The van der Waals surface area contributed by atoms with Gasteiger partial charge < -0.3 is 10.2 Å². The molecule has 0 aromatic carbocycles. The van der Waals surface area contributed by atoms with Gasteiger partial charge in [-0.15, -0.1) is 0 Å². The number of likely N-dealkylation sites (tertiary alicyclic amines) is 1. The predicted molar refractivity (Wildman–Crippen MR) is 62.1 cm³/mol. The molecule has 0 spiro atoms. The molecule has 1 saturated heterocycles. The van der Waals surface area contributed by atoms with Crippen molar-refractivity contribution in [3.63, 3.8) is 0 Å². The quantitative estimate of drug-likeness (QED) is 0.717. The Morgan fingerprint density at radius 3 is 2.65 bits per heavy atom. The Balaban J connectivity index is 2.17. The Kier molecular flexibility index (Phi) is 5.69. The molecule has 3 nitrogen and oxygen atoms in total. The number of alkyl halides is 3. The molecular formula is C11H22F3N3. The molecule has 0 saturated carbocycles. The van der Waals surface area contributed by atoms with Gasteiger partial charge in [0.25, 0.3) is 0 Å². The Morgan fingerprint density at radius 1 is 1.35 bits per heavy atom. The van der Waals surface area contributed by atoms with Crippen LogP contribution >= 0.6 is 0 Å². The van der Waals surface area contributed by atoms with Gasteiger partial charge in [-0.3, -0.25) is 4.90 Å². The van der Waals surface area contributed by atoms with E-state index in [1.54, 1.807) is 0 Å². The van der Waals surface area contributed by atoms with Crippen molar-refractivity contribution < 1.29 is 13.2 Å². The minimum atomic E-state index is -4.10. The normalized spacial score (nSPS) is 22.6. The standard InChI is InChI=1S/C11H22F3N3/c1-16(2)8-10-4-3-6-17(10)7-5-15-9-11(12,13)14/h10,15H,3-9H2,1-2H3. The molecule has 0 amide bonds. The van der Waals surface area contributed by atoms with Gasteiger partial charge in [-0.05, 0) is 33.5 Å². The van der Waals surface area contributed by atoms with Crippen LogP contribution < -0.4 is 5.32 Å². The van der Waals surface area contributed by atoms with Crippen molar-refractivity contribution in [1.29, 1.82) is 0 Å². The lowest BCUT2D eigenvalue weighted by atomic mass is 10.2. The Morgan fingerprint density at radius 2 is 2.06 bits per heavy atom. The maximum atomic E-state index is 11.9. The highest BCUT2D eigenvalue weighted by Crippen LogP contribution is 2.17. The highest BCUT2D eigenvalue weighted by Gasteiger charge is 2.27. The molecule has 0 bridgehead atoms. The number of likely N-dealkylation sites (N-methyl/N-ethyl adjacent to an activating group) is 1. The van der Waals surface area contributed by atoms with Crippen molar-refractivity contribution in [2.45, 2.75) is 25.1 Å². The van der Waals surface area contributed by atoms with Gasteiger partial charge in [0.15, 0.2) is 0 Å². The first-order chi connectivity index (χ1) is 7.88. The fraction of sp³-hybridized carbons (Fsp3) is 1.00. The van der Waals surface area contributed by atoms with Crippen LogP contribution in [0.1, 0.15) is 12.8 Å². The molecule has 102 valence electrons. The highest BCUT2D eigenvalue weighted by atomic mass is 19.4. The second-order valence-electron chi connectivity index (χ2n) is 4.89. The molecule has 1 aliphatic heterocycles. The monoisotopic (exact) mass is 253 g/mol. The number of nitrogens with zero attached hydrogens (tertiary/aromatic N) is 2. The first-order valence-corrected chi connectivity index (χ1v) is 6.05. The van der Waals surface area contributed by atoms with E-state index in [1.807, 2.05) is 14.1 Å². The van der Waals surface area contributed by atoms with Crippen molar-refractivity contribution >= 4 is 0 Å². The van der Waals surface area contributed by atoms with E-state index < -0.39 is 12.7 Å². The van der Waals surface area contributed by atoms with Crippen molar-refractivity contribution in [1.82, 2.24) is 15.1 Å². The maximum Gasteiger partial charge on any atom is 0.401 e. The Hall–Kier alpha value is -0.330. The first kappa shape index (κ1) is 14.7. The summed E-state index contributed by atoms with van der Waals surface area (Å²) in [5.41, 5.74) is 0. The number of halogens is 3. The van der Waals surface area contributed by atoms with Crippen LogP contribution in [-0.4, -0.2) is 68.8 Å². The lowest BCUT2D eigenvalue weighted by Gasteiger charge is -2.27. The average Bonchev–Trinajstić information content (AvgIpc) is 2.58. The maximum absolute atomic E-state index is 11.9. The van der Waals surface area contributed by atoms with Crippen molar-refractivity contribution in [2.24, 2.45) is 0 Å². The average molecular weight is 253 g/mol. The van der Waals surface area contributed by atoms with Crippen molar-refractivity contribution in [2.75, 3.05) is 46.8 Å². The summed E-state index contributed by atoms with van der Waals surface area (Å²) in [5.74, 6) is 0. The lowest BCUT2D eigenvalue weighted by molar-refractivity contribution is -0.124. The van der Waals surface area contributed by atoms with Crippen LogP contribution in [0.4, 0.5) is 13.2 Å². The second-order valence-corrected chi connectivity index (χ2v) is 4.89. The summed E-state index contributed by atoms with van der Waals surface area (Å²) >= 11 is 0. The van der Waals surface area contributed by atoms with Gasteiger partial charge in [-0.2, -0.15) is 13.2 Å². The SMILES string of the molecule is CN(C)CC1CCCN1CCNCC(F)(F)F. The molecule has 6 heteroatoms. The second kappa shape index (κ2) is 6.56. The summed E-state index contributed by atoms with van der Waals surface area (Å²) in [7, 11) is 4.05. The molecule has 1 N–H and O–H groups in total. The van der Waals surface area contributed by atoms with E-state index in [9.17, 15) is 13.2 Å². The first-order valence-electron chi connectivity index (χ1n) is 6.05. The summed E-state index contributed by atoms with van der Waals surface area (Å²) in [6.45, 7) is 2.21. The number of nitrogens with one attached hydrogen (secondary N) is 1. The molecule has 0 aromatic rings. The minimum absolute atomic E-state index is 0.406.